The van der Waals surface area contributed by atoms with Crippen LogP contribution in [-0.2, 0) is 6.18 Å². The Morgan fingerprint density at radius 3 is 2.68 bits per heavy atom. The van der Waals surface area contributed by atoms with Crippen molar-refractivity contribution in [1.82, 2.24) is 15.1 Å². The number of benzene rings is 1. The first kappa shape index (κ1) is 21.0. The molecule has 3 N–H and O–H groups in total. The van der Waals surface area contributed by atoms with Crippen LogP contribution in [0.3, 0.4) is 0 Å². The van der Waals surface area contributed by atoms with Crippen LogP contribution < -0.4 is 11.1 Å². The highest BCUT2D eigenvalue weighted by Gasteiger charge is 2.30. The Labute approximate surface area is 149 Å². The second kappa shape index (κ2) is 8.35. The third-order valence-electron chi connectivity index (χ3n) is 3.69. The van der Waals surface area contributed by atoms with Gasteiger partial charge in [0.1, 0.15) is 0 Å². The summed E-state index contributed by atoms with van der Waals surface area (Å²) in [5, 5.41) is 6.78. The highest BCUT2D eigenvalue weighted by Crippen LogP contribution is 2.30. The van der Waals surface area contributed by atoms with Crippen LogP contribution in [0.15, 0.2) is 30.5 Å². The van der Waals surface area contributed by atoms with E-state index in [0.29, 0.717) is 24.3 Å². The monoisotopic (exact) mass is 376 g/mol. The molecule has 25 heavy (non-hydrogen) atoms. The highest BCUT2D eigenvalue weighted by atomic mass is 35.5. The number of aromatic nitrogens is 2. The van der Waals surface area contributed by atoms with Gasteiger partial charge in [0, 0.05) is 6.54 Å². The zero-order valence-corrected chi connectivity index (χ0v) is 14.6. The molecule has 9 heteroatoms. The molecule has 2 aromatic rings. The van der Waals surface area contributed by atoms with E-state index in [4.69, 9.17) is 5.73 Å². The van der Waals surface area contributed by atoms with E-state index in [-0.39, 0.29) is 29.9 Å². The average Bonchev–Trinajstić information content (AvgIpc) is 2.93. The van der Waals surface area contributed by atoms with Gasteiger partial charge in [-0.25, -0.2) is 4.68 Å². The fourth-order valence-electron chi connectivity index (χ4n) is 2.15. The molecular weight excluding hydrogens is 357 g/mol. The largest absolute Gasteiger partial charge is 0.416 e. The van der Waals surface area contributed by atoms with Gasteiger partial charge in [-0.3, -0.25) is 4.79 Å². The van der Waals surface area contributed by atoms with Gasteiger partial charge < -0.3 is 11.1 Å². The number of amides is 1. The van der Waals surface area contributed by atoms with Gasteiger partial charge in [0.15, 0.2) is 0 Å². The Kier molecular flexibility index (Phi) is 7.01. The first-order valence-corrected chi connectivity index (χ1v) is 7.44. The minimum atomic E-state index is -4.43. The van der Waals surface area contributed by atoms with Crippen molar-refractivity contribution in [3.63, 3.8) is 0 Å². The van der Waals surface area contributed by atoms with E-state index < -0.39 is 11.7 Å². The number of rotatable bonds is 5. The summed E-state index contributed by atoms with van der Waals surface area (Å²) in [5.41, 5.74) is 5.76. The maximum Gasteiger partial charge on any atom is 0.416 e. The van der Waals surface area contributed by atoms with Gasteiger partial charge in [-0.2, -0.15) is 18.3 Å². The lowest BCUT2D eigenvalue weighted by atomic mass is 10.1. The number of carbonyl (C=O) groups excluding carboxylic acids is 1. The van der Waals surface area contributed by atoms with Crippen molar-refractivity contribution in [2.75, 3.05) is 13.1 Å². The summed E-state index contributed by atoms with van der Waals surface area (Å²) >= 11 is 0. The second-order valence-electron chi connectivity index (χ2n) is 5.65. The van der Waals surface area contributed by atoms with Gasteiger partial charge in [-0.05, 0) is 37.6 Å². The van der Waals surface area contributed by atoms with Gasteiger partial charge in [0.2, 0.25) is 0 Å². The Morgan fingerprint density at radius 2 is 2.08 bits per heavy atom. The Morgan fingerprint density at radius 1 is 1.40 bits per heavy atom. The van der Waals surface area contributed by atoms with Gasteiger partial charge in [-0.15, -0.1) is 12.4 Å². The Balaban J connectivity index is 0.00000312. The molecule has 0 radical (unpaired) electrons. The lowest BCUT2D eigenvalue weighted by Gasteiger charge is -2.11. The van der Waals surface area contributed by atoms with Crippen LogP contribution in [0, 0.1) is 12.8 Å². The number of alkyl halides is 3. The summed E-state index contributed by atoms with van der Waals surface area (Å²) < 4.78 is 39.8. The second-order valence-corrected chi connectivity index (χ2v) is 5.65. The lowest BCUT2D eigenvalue weighted by Crippen LogP contribution is -2.31. The summed E-state index contributed by atoms with van der Waals surface area (Å²) in [7, 11) is 0. The van der Waals surface area contributed by atoms with Crippen molar-refractivity contribution in [3.05, 3.63) is 47.3 Å². The summed E-state index contributed by atoms with van der Waals surface area (Å²) in [4.78, 5) is 12.2. The summed E-state index contributed by atoms with van der Waals surface area (Å²) in [5.74, 6) is -0.196. The average molecular weight is 377 g/mol. The topological polar surface area (TPSA) is 72.9 Å². The molecule has 0 fully saturated rings. The first-order chi connectivity index (χ1) is 11.2. The third-order valence-corrected chi connectivity index (χ3v) is 3.69. The lowest BCUT2D eigenvalue weighted by molar-refractivity contribution is -0.137. The van der Waals surface area contributed by atoms with Crippen LogP contribution in [0.5, 0.6) is 0 Å². The van der Waals surface area contributed by atoms with E-state index in [0.717, 1.165) is 12.1 Å². The molecule has 1 aromatic carbocycles. The molecule has 138 valence electrons. The van der Waals surface area contributed by atoms with Crippen LogP contribution in [-0.4, -0.2) is 28.8 Å². The summed E-state index contributed by atoms with van der Waals surface area (Å²) in [6, 6.07) is 4.80. The number of nitrogens with one attached hydrogen (secondary N) is 1. The molecule has 5 nitrogen and oxygen atoms in total. The maximum atomic E-state index is 12.8. The molecule has 0 saturated carbocycles. The fourth-order valence-corrected chi connectivity index (χ4v) is 2.15. The van der Waals surface area contributed by atoms with Crippen molar-refractivity contribution >= 4 is 18.3 Å². The van der Waals surface area contributed by atoms with Crippen molar-refractivity contribution in [3.8, 4) is 5.69 Å². The summed E-state index contributed by atoms with van der Waals surface area (Å²) in [6.45, 7) is 4.40. The smallest absolute Gasteiger partial charge is 0.352 e. The summed E-state index contributed by atoms with van der Waals surface area (Å²) in [6.07, 6.45) is -3.09. The number of nitrogens with zero attached hydrogens (tertiary/aromatic N) is 2. The molecule has 0 aliphatic heterocycles. The van der Waals surface area contributed by atoms with Crippen LogP contribution in [0.4, 0.5) is 13.2 Å². The fraction of sp³-hybridized carbons (Fsp3) is 0.375. The van der Waals surface area contributed by atoms with Crippen LogP contribution in [0.2, 0.25) is 0 Å². The number of carbonyl (C=O) groups is 1. The molecule has 1 unspecified atom stereocenters. The number of hydrogen-bond acceptors (Lipinski definition) is 3. The Hall–Kier alpha value is -2.06. The van der Waals surface area contributed by atoms with Gasteiger partial charge in [-0.1, -0.05) is 13.0 Å². The molecule has 0 aliphatic rings. The van der Waals surface area contributed by atoms with Crippen molar-refractivity contribution in [2.45, 2.75) is 20.0 Å². The van der Waals surface area contributed by atoms with E-state index >= 15 is 0 Å². The minimum Gasteiger partial charge on any atom is -0.352 e. The molecular formula is C16H20ClF3N4O. The SMILES string of the molecule is Cc1c(C(=O)NCC(C)CN)cnn1-c1cccc(C(F)(F)F)c1.Cl. The molecule has 0 saturated heterocycles. The van der Waals surface area contributed by atoms with Crippen LogP contribution in [0.25, 0.3) is 5.69 Å². The molecule has 1 heterocycles. The van der Waals surface area contributed by atoms with Crippen LogP contribution >= 0.6 is 12.4 Å². The van der Waals surface area contributed by atoms with Gasteiger partial charge in [0.05, 0.1) is 28.7 Å². The molecule has 1 atom stereocenters. The predicted molar refractivity (Wildman–Crippen MR) is 91.1 cm³/mol. The third kappa shape index (κ3) is 4.96. The maximum absolute atomic E-state index is 12.8. The van der Waals surface area contributed by atoms with Gasteiger partial charge in [0.25, 0.3) is 5.91 Å². The van der Waals surface area contributed by atoms with Crippen molar-refractivity contribution in [2.24, 2.45) is 11.7 Å². The number of halogens is 4. The minimum absolute atomic E-state index is 0. The molecule has 1 amide bonds. The zero-order valence-electron chi connectivity index (χ0n) is 13.8. The van der Waals surface area contributed by atoms with Gasteiger partial charge >= 0.3 is 6.18 Å². The zero-order chi connectivity index (χ0) is 17.9. The Bertz CT molecular complexity index is 730. The van der Waals surface area contributed by atoms with Crippen molar-refractivity contribution < 1.29 is 18.0 Å². The molecule has 0 aliphatic carbocycles. The predicted octanol–water partition coefficient (Wildman–Crippen LogP) is 2.95. The first-order valence-electron chi connectivity index (χ1n) is 7.44. The van der Waals surface area contributed by atoms with E-state index in [9.17, 15) is 18.0 Å². The van der Waals surface area contributed by atoms with Crippen molar-refractivity contribution in [1.29, 1.82) is 0 Å². The van der Waals surface area contributed by atoms with E-state index in [1.54, 1.807) is 6.92 Å². The van der Waals surface area contributed by atoms with Crippen LogP contribution in [0.1, 0.15) is 28.5 Å². The quantitative estimate of drug-likeness (QED) is 0.842. The molecule has 2 rings (SSSR count). The standard InChI is InChI=1S/C16H19F3N4O.ClH/c1-10(7-20)8-21-15(24)14-9-22-23(11(14)2)13-5-3-4-12(6-13)16(17,18)19;/h3-6,9-10H,7-8,20H2,1-2H3,(H,21,24);1H. The number of hydrogen-bond donors (Lipinski definition) is 2. The molecule has 0 spiro atoms. The highest BCUT2D eigenvalue weighted by molar-refractivity contribution is 5.95. The van der Waals surface area contributed by atoms with E-state index in [2.05, 4.69) is 10.4 Å². The van der Waals surface area contributed by atoms with E-state index in [1.165, 1.54) is 23.0 Å². The number of nitrogens with two attached hydrogens (primary N) is 1. The molecule has 0 bridgehead atoms. The molecule has 1 aromatic heterocycles. The van der Waals surface area contributed by atoms with E-state index in [1.807, 2.05) is 6.92 Å². The normalized spacial score (nSPS) is 12.4.